The number of nitrogens with zero attached hydrogens (tertiary/aromatic N) is 1. The molecule has 0 aromatic heterocycles. The van der Waals surface area contributed by atoms with Gasteiger partial charge in [0.05, 0.1) is 11.6 Å². The van der Waals surface area contributed by atoms with Gasteiger partial charge in [0, 0.05) is 25.7 Å². The Balaban J connectivity index is 2.22. The molecule has 1 saturated heterocycles. The van der Waals surface area contributed by atoms with E-state index < -0.39 is 0 Å². The van der Waals surface area contributed by atoms with Crippen LogP contribution in [0.25, 0.3) is 0 Å². The van der Waals surface area contributed by atoms with Crippen molar-refractivity contribution in [1.82, 2.24) is 10.2 Å². The number of nitrogens with one attached hydrogen (secondary N) is 1. The van der Waals surface area contributed by atoms with Gasteiger partial charge in [0.15, 0.2) is 0 Å². The summed E-state index contributed by atoms with van der Waals surface area (Å²) < 4.78 is 0. The van der Waals surface area contributed by atoms with Crippen molar-refractivity contribution in [3.05, 3.63) is 23.8 Å². The molecular weight excluding hydrogens is 220 g/mol. The molecule has 1 aliphatic heterocycles. The second-order valence-corrected chi connectivity index (χ2v) is 4.10. The Morgan fingerprint density at radius 1 is 1.47 bits per heavy atom. The molecule has 0 radical (unpaired) electrons. The van der Waals surface area contributed by atoms with E-state index in [0.29, 0.717) is 6.54 Å². The van der Waals surface area contributed by atoms with Gasteiger partial charge < -0.3 is 20.4 Å². The largest absolute Gasteiger partial charge is 0.508 e. The van der Waals surface area contributed by atoms with Crippen LogP contribution in [-0.4, -0.2) is 46.7 Å². The minimum Gasteiger partial charge on any atom is -0.508 e. The number of likely N-dealkylation sites (N-methyl/N-ethyl adjacent to an activating group) is 1. The number of carbonyl (C=O) groups excluding carboxylic acids is 1. The number of rotatable bonds is 3. The molecule has 5 heteroatoms. The highest BCUT2D eigenvalue weighted by Gasteiger charge is 2.29. The quantitative estimate of drug-likeness (QED) is 0.716. The number of benzene rings is 1. The van der Waals surface area contributed by atoms with E-state index in [1.54, 1.807) is 4.90 Å². The first-order chi connectivity index (χ1) is 8.13. The third-order valence-corrected chi connectivity index (χ3v) is 3.01. The van der Waals surface area contributed by atoms with Gasteiger partial charge in [0.25, 0.3) is 5.91 Å². The topological polar surface area (TPSA) is 72.8 Å². The summed E-state index contributed by atoms with van der Waals surface area (Å²) >= 11 is 0. The normalized spacial score (nSPS) is 15.4. The fraction of sp³-hybridized carbons (Fsp3) is 0.417. The van der Waals surface area contributed by atoms with Crippen LogP contribution in [0.1, 0.15) is 17.3 Å². The fourth-order valence-corrected chi connectivity index (χ4v) is 1.92. The third-order valence-electron chi connectivity index (χ3n) is 3.01. The number of carbonyl (C=O) groups is 1. The Labute approximate surface area is 99.7 Å². The van der Waals surface area contributed by atoms with E-state index >= 15 is 0 Å². The van der Waals surface area contributed by atoms with Gasteiger partial charge in [-0.25, -0.2) is 0 Å². The SMILES string of the molecule is CCN(C(=O)c1ccc(O)cc1O)C1CNC1. The van der Waals surface area contributed by atoms with E-state index in [1.165, 1.54) is 18.2 Å². The Bertz CT molecular complexity index is 430. The van der Waals surface area contributed by atoms with Crippen molar-refractivity contribution in [2.75, 3.05) is 19.6 Å². The van der Waals surface area contributed by atoms with Crippen molar-refractivity contribution >= 4 is 5.91 Å². The maximum Gasteiger partial charge on any atom is 0.257 e. The van der Waals surface area contributed by atoms with Crippen LogP contribution < -0.4 is 5.32 Å². The molecular formula is C12H16N2O3. The van der Waals surface area contributed by atoms with Gasteiger partial charge in [-0.2, -0.15) is 0 Å². The number of phenols is 2. The lowest BCUT2D eigenvalue weighted by molar-refractivity contribution is 0.0627. The van der Waals surface area contributed by atoms with E-state index in [0.717, 1.165) is 13.1 Å². The van der Waals surface area contributed by atoms with Crippen LogP contribution in [0.5, 0.6) is 11.5 Å². The molecule has 1 aromatic carbocycles. The van der Waals surface area contributed by atoms with Crippen molar-refractivity contribution < 1.29 is 15.0 Å². The molecule has 17 heavy (non-hydrogen) atoms. The number of amides is 1. The molecule has 1 aliphatic rings. The molecule has 0 unspecified atom stereocenters. The molecule has 0 bridgehead atoms. The Morgan fingerprint density at radius 3 is 2.65 bits per heavy atom. The van der Waals surface area contributed by atoms with Crippen molar-refractivity contribution in [2.45, 2.75) is 13.0 Å². The van der Waals surface area contributed by atoms with Crippen LogP contribution in [-0.2, 0) is 0 Å². The van der Waals surface area contributed by atoms with Gasteiger partial charge in [-0.05, 0) is 19.1 Å². The average Bonchev–Trinajstić information content (AvgIpc) is 2.22. The molecule has 0 aliphatic carbocycles. The summed E-state index contributed by atoms with van der Waals surface area (Å²) in [5.74, 6) is -0.426. The lowest BCUT2D eigenvalue weighted by atomic mass is 10.1. The van der Waals surface area contributed by atoms with Crippen LogP contribution >= 0.6 is 0 Å². The number of hydrogen-bond acceptors (Lipinski definition) is 4. The number of phenolic OH excluding ortho intramolecular Hbond substituents is 2. The molecule has 0 saturated carbocycles. The van der Waals surface area contributed by atoms with E-state index in [2.05, 4.69) is 5.32 Å². The van der Waals surface area contributed by atoms with Gasteiger partial charge in [-0.1, -0.05) is 0 Å². The average molecular weight is 236 g/mol. The minimum atomic E-state index is -0.198. The van der Waals surface area contributed by atoms with Crippen LogP contribution in [0, 0.1) is 0 Å². The maximum absolute atomic E-state index is 12.2. The zero-order chi connectivity index (χ0) is 12.4. The summed E-state index contributed by atoms with van der Waals surface area (Å²) in [6.45, 7) is 4.09. The first kappa shape index (κ1) is 11.7. The summed E-state index contributed by atoms with van der Waals surface area (Å²) in [7, 11) is 0. The summed E-state index contributed by atoms with van der Waals surface area (Å²) in [4.78, 5) is 13.9. The van der Waals surface area contributed by atoms with E-state index in [9.17, 15) is 15.0 Å². The Kier molecular flexibility index (Phi) is 3.19. The predicted molar refractivity (Wildman–Crippen MR) is 63.1 cm³/mol. The van der Waals surface area contributed by atoms with Gasteiger partial charge in [0.1, 0.15) is 11.5 Å². The molecule has 92 valence electrons. The maximum atomic E-state index is 12.2. The monoisotopic (exact) mass is 236 g/mol. The summed E-state index contributed by atoms with van der Waals surface area (Å²) in [5, 5.41) is 22.0. The highest BCUT2D eigenvalue weighted by Crippen LogP contribution is 2.24. The molecule has 1 fully saturated rings. The summed E-state index contributed by atoms with van der Waals surface area (Å²) in [5.41, 5.74) is 0.233. The van der Waals surface area contributed by atoms with E-state index in [4.69, 9.17) is 0 Å². The van der Waals surface area contributed by atoms with Crippen molar-refractivity contribution in [2.24, 2.45) is 0 Å². The van der Waals surface area contributed by atoms with E-state index in [-0.39, 0.29) is 29.0 Å². The van der Waals surface area contributed by atoms with Gasteiger partial charge in [-0.15, -0.1) is 0 Å². The third kappa shape index (κ3) is 2.19. The first-order valence-electron chi connectivity index (χ1n) is 5.67. The van der Waals surface area contributed by atoms with Crippen molar-refractivity contribution in [1.29, 1.82) is 0 Å². The van der Waals surface area contributed by atoms with Gasteiger partial charge in [-0.3, -0.25) is 4.79 Å². The second-order valence-electron chi connectivity index (χ2n) is 4.10. The minimum absolute atomic E-state index is 0.0487. The zero-order valence-electron chi connectivity index (χ0n) is 9.68. The van der Waals surface area contributed by atoms with Crippen LogP contribution in [0.3, 0.4) is 0 Å². The molecule has 0 atom stereocenters. The molecule has 3 N–H and O–H groups in total. The van der Waals surface area contributed by atoms with Gasteiger partial charge >= 0.3 is 0 Å². The summed E-state index contributed by atoms with van der Waals surface area (Å²) in [6.07, 6.45) is 0. The second kappa shape index (κ2) is 4.63. The van der Waals surface area contributed by atoms with Gasteiger partial charge in [0.2, 0.25) is 0 Å². The molecule has 0 spiro atoms. The summed E-state index contributed by atoms with van der Waals surface area (Å²) in [6, 6.07) is 4.22. The highest BCUT2D eigenvalue weighted by atomic mass is 16.3. The van der Waals surface area contributed by atoms with Crippen molar-refractivity contribution in [3.63, 3.8) is 0 Å². The predicted octanol–water partition coefficient (Wildman–Crippen LogP) is 0.532. The lowest BCUT2D eigenvalue weighted by Gasteiger charge is -2.37. The van der Waals surface area contributed by atoms with Crippen LogP contribution in [0.4, 0.5) is 0 Å². The lowest BCUT2D eigenvalue weighted by Crippen LogP contribution is -2.58. The molecule has 1 aromatic rings. The van der Waals surface area contributed by atoms with E-state index in [1.807, 2.05) is 6.92 Å². The molecule has 2 rings (SSSR count). The molecule has 5 nitrogen and oxygen atoms in total. The number of hydrogen-bond donors (Lipinski definition) is 3. The zero-order valence-corrected chi connectivity index (χ0v) is 9.68. The van der Waals surface area contributed by atoms with Crippen LogP contribution in [0.2, 0.25) is 0 Å². The highest BCUT2D eigenvalue weighted by molar-refractivity contribution is 5.97. The molecule has 1 amide bonds. The number of aromatic hydroxyl groups is 2. The standard InChI is InChI=1S/C12H16N2O3/c1-2-14(8-6-13-7-8)12(17)10-4-3-9(15)5-11(10)16/h3-5,8,13,15-16H,2,6-7H2,1H3. The smallest absolute Gasteiger partial charge is 0.257 e. The first-order valence-corrected chi connectivity index (χ1v) is 5.67. The van der Waals surface area contributed by atoms with Crippen LogP contribution in [0.15, 0.2) is 18.2 Å². The fourth-order valence-electron chi connectivity index (χ4n) is 1.92. The molecule has 1 heterocycles. The van der Waals surface area contributed by atoms with Crippen molar-refractivity contribution in [3.8, 4) is 11.5 Å². The Morgan fingerprint density at radius 2 is 2.18 bits per heavy atom. The Hall–Kier alpha value is -1.75.